The highest BCUT2D eigenvalue weighted by atomic mass is 32.1. The summed E-state index contributed by atoms with van der Waals surface area (Å²) < 4.78 is 0. The van der Waals surface area contributed by atoms with Crippen molar-refractivity contribution >= 4 is 35.6 Å². The highest BCUT2D eigenvalue weighted by Crippen LogP contribution is 2.34. The molecule has 2 N–H and O–H groups in total. The van der Waals surface area contributed by atoms with Crippen LogP contribution in [0.1, 0.15) is 71.5 Å². The summed E-state index contributed by atoms with van der Waals surface area (Å²) in [5.74, 6) is 0.584. The highest BCUT2D eigenvalue weighted by molar-refractivity contribution is 7.14. The van der Waals surface area contributed by atoms with Gasteiger partial charge in [0.1, 0.15) is 11.5 Å². The summed E-state index contributed by atoms with van der Waals surface area (Å²) in [6.45, 7) is 4.49. The van der Waals surface area contributed by atoms with Crippen LogP contribution in [0.5, 0.6) is 11.5 Å². The summed E-state index contributed by atoms with van der Waals surface area (Å²) >= 11 is 1.86. The maximum Gasteiger partial charge on any atom is 0.115 e. The minimum absolute atomic E-state index is 0.292. The van der Waals surface area contributed by atoms with Gasteiger partial charge < -0.3 is 10.2 Å². The third-order valence-electron chi connectivity index (χ3n) is 5.38. The van der Waals surface area contributed by atoms with Gasteiger partial charge in [0.05, 0.1) is 0 Å². The molecule has 0 bridgehead atoms. The number of hydrogen-bond acceptors (Lipinski definition) is 3. The lowest BCUT2D eigenvalue weighted by Gasteiger charge is -2.07. The number of phenolic OH excluding ortho intramolecular Hbond substituents is 2. The summed E-state index contributed by atoms with van der Waals surface area (Å²) in [7, 11) is 0. The van der Waals surface area contributed by atoms with E-state index in [1.54, 1.807) is 24.3 Å². The molecule has 0 spiro atoms. The first kappa shape index (κ1) is 22.9. The molecular formula is C28H32O2S. The van der Waals surface area contributed by atoms with Crippen LogP contribution in [0.2, 0.25) is 0 Å². The SMILES string of the molecule is CCCCc1c(/C=C/c2ccc(O)cc2)sc(/C=C/c2ccc(O)cc2)c1CCCC. The lowest BCUT2D eigenvalue weighted by molar-refractivity contribution is 0.474. The van der Waals surface area contributed by atoms with Gasteiger partial charge in [0.15, 0.2) is 0 Å². The topological polar surface area (TPSA) is 40.5 Å². The predicted octanol–water partition coefficient (Wildman–Crippen LogP) is 8.19. The zero-order valence-corrected chi connectivity index (χ0v) is 19.3. The Hall–Kier alpha value is -2.78. The van der Waals surface area contributed by atoms with Gasteiger partial charge in [0.25, 0.3) is 0 Å². The fraction of sp³-hybridized carbons (Fsp3) is 0.286. The van der Waals surface area contributed by atoms with E-state index >= 15 is 0 Å². The smallest absolute Gasteiger partial charge is 0.115 e. The van der Waals surface area contributed by atoms with Crippen LogP contribution in [0.4, 0.5) is 0 Å². The van der Waals surface area contributed by atoms with Crippen LogP contribution >= 0.6 is 11.3 Å². The molecule has 0 aliphatic rings. The quantitative estimate of drug-likeness (QED) is 0.339. The molecule has 0 saturated carbocycles. The molecule has 3 aromatic rings. The molecule has 162 valence electrons. The first-order chi connectivity index (χ1) is 15.1. The van der Waals surface area contributed by atoms with Crippen molar-refractivity contribution < 1.29 is 10.2 Å². The minimum Gasteiger partial charge on any atom is -0.508 e. The van der Waals surface area contributed by atoms with E-state index in [1.807, 2.05) is 35.6 Å². The van der Waals surface area contributed by atoms with Crippen LogP contribution in [0.3, 0.4) is 0 Å². The molecule has 0 amide bonds. The van der Waals surface area contributed by atoms with Crippen LogP contribution < -0.4 is 0 Å². The van der Waals surface area contributed by atoms with Gasteiger partial charge in [-0.2, -0.15) is 0 Å². The molecule has 3 heteroatoms. The molecule has 0 radical (unpaired) electrons. The Kier molecular flexibility index (Phi) is 8.54. The molecule has 0 saturated heterocycles. The standard InChI is InChI=1S/C28H32O2S/c1-3-5-7-25-26(8-6-4-2)28(20-14-22-11-17-24(30)18-12-22)31-27(25)19-13-21-9-15-23(29)16-10-21/h9-20,29-30H,3-8H2,1-2H3/b19-13+,20-14+. The first-order valence-electron chi connectivity index (χ1n) is 11.2. The Morgan fingerprint density at radius 2 is 1.00 bits per heavy atom. The zero-order valence-electron chi connectivity index (χ0n) is 18.5. The fourth-order valence-electron chi connectivity index (χ4n) is 3.58. The maximum absolute atomic E-state index is 9.53. The molecule has 0 atom stereocenters. The number of unbranched alkanes of at least 4 members (excludes halogenated alkanes) is 2. The second kappa shape index (κ2) is 11.6. The number of rotatable bonds is 10. The van der Waals surface area contributed by atoms with Gasteiger partial charge in [-0.15, -0.1) is 11.3 Å². The van der Waals surface area contributed by atoms with E-state index in [4.69, 9.17) is 0 Å². The Balaban J connectivity index is 1.97. The van der Waals surface area contributed by atoms with E-state index in [0.717, 1.165) is 24.0 Å². The molecular weight excluding hydrogens is 400 g/mol. The number of thiophene rings is 1. The van der Waals surface area contributed by atoms with Gasteiger partial charge >= 0.3 is 0 Å². The van der Waals surface area contributed by atoms with Crippen molar-refractivity contribution in [3.05, 3.63) is 80.5 Å². The van der Waals surface area contributed by atoms with Crippen LogP contribution in [0, 0.1) is 0 Å². The van der Waals surface area contributed by atoms with Crippen LogP contribution in [-0.2, 0) is 12.8 Å². The van der Waals surface area contributed by atoms with E-state index in [9.17, 15) is 10.2 Å². The Morgan fingerprint density at radius 3 is 1.35 bits per heavy atom. The largest absolute Gasteiger partial charge is 0.508 e. The van der Waals surface area contributed by atoms with Gasteiger partial charge in [-0.1, -0.05) is 63.1 Å². The normalized spacial score (nSPS) is 11.7. The zero-order chi connectivity index (χ0) is 22.1. The third kappa shape index (κ3) is 6.60. The molecule has 1 aromatic heterocycles. The van der Waals surface area contributed by atoms with E-state index in [2.05, 4.69) is 38.2 Å². The van der Waals surface area contributed by atoms with Crippen molar-refractivity contribution in [2.75, 3.05) is 0 Å². The molecule has 3 rings (SSSR count). The van der Waals surface area contributed by atoms with Crippen LogP contribution in [0.15, 0.2) is 48.5 Å². The Morgan fingerprint density at radius 1 is 0.613 bits per heavy atom. The van der Waals surface area contributed by atoms with E-state index in [-0.39, 0.29) is 0 Å². The lowest BCUT2D eigenvalue weighted by Crippen LogP contribution is -1.94. The van der Waals surface area contributed by atoms with Gasteiger partial charge in [0.2, 0.25) is 0 Å². The van der Waals surface area contributed by atoms with Gasteiger partial charge in [-0.3, -0.25) is 0 Å². The summed E-state index contributed by atoms with van der Waals surface area (Å²) in [6, 6.07) is 14.7. The summed E-state index contributed by atoms with van der Waals surface area (Å²) in [5.41, 5.74) is 5.15. The van der Waals surface area contributed by atoms with Crippen molar-refractivity contribution in [1.29, 1.82) is 0 Å². The molecule has 0 fully saturated rings. The van der Waals surface area contributed by atoms with E-state index in [0.29, 0.717) is 11.5 Å². The molecule has 31 heavy (non-hydrogen) atoms. The molecule has 0 aliphatic carbocycles. The molecule has 0 unspecified atom stereocenters. The van der Waals surface area contributed by atoms with Crippen molar-refractivity contribution in [2.45, 2.75) is 52.4 Å². The van der Waals surface area contributed by atoms with Crippen molar-refractivity contribution in [3.63, 3.8) is 0 Å². The molecule has 2 aromatic carbocycles. The van der Waals surface area contributed by atoms with Crippen molar-refractivity contribution in [3.8, 4) is 11.5 Å². The number of aromatic hydroxyl groups is 2. The number of hydrogen-bond donors (Lipinski definition) is 2. The predicted molar refractivity (Wildman–Crippen MR) is 136 cm³/mol. The van der Waals surface area contributed by atoms with Crippen molar-refractivity contribution in [2.24, 2.45) is 0 Å². The van der Waals surface area contributed by atoms with Gasteiger partial charge in [0, 0.05) is 9.75 Å². The molecule has 2 nitrogen and oxygen atoms in total. The first-order valence-corrected chi connectivity index (χ1v) is 12.0. The lowest BCUT2D eigenvalue weighted by atomic mass is 9.97. The maximum atomic E-state index is 9.53. The molecule has 1 heterocycles. The van der Waals surface area contributed by atoms with Crippen LogP contribution in [0.25, 0.3) is 24.3 Å². The average Bonchev–Trinajstić information content (AvgIpc) is 3.11. The molecule has 0 aliphatic heterocycles. The second-order valence-corrected chi connectivity index (χ2v) is 8.93. The minimum atomic E-state index is 0.292. The number of benzene rings is 2. The van der Waals surface area contributed by atoms with Crippen molar-refractivity contribution in [1.82, 2.24) is 0 Å². The Labute approximate surface area is 190 Å². The Bertz CT molecular complexity index is 926. The average molecular weight is 433 g/mol. The third-order valence-corrected chi connectivity index (χ3v) is 6.58. The fourth-order valence-corrected chi connectivity index (χ4v) is 4.78. The van der Waals surface area contributed by atoms with Crippen LogP contribution in [-0.4, -0.2) is 10.2 Å². The second-order valence-electron chi connectivity index (χ2n) is 7.84. The van der Waals surface area contributed by atoms with E-state index < -0.39 is 0 Å². The monoisotopic (exact) mass is 432 g/mol. The van der Waals surface area contributed by atoms with Gasteiger partial charge in [-0.25, -0.2) is 0 Å². The number of phenols is 2. The highest BCUT2D eigenvalue weighted by Gasteiger charge is 2.14. The summed E-state index contributed by atoms with van der Waals surface area (Å²) in [6.07, 6.45) is 15.7. The van der Waals surface area contributed by atoms with E-state index in [1.165, 1.54) is 46.6 Å². The van der Waals surface area contributed by atoms with Gasteiger partial charge in [-0.05, 0) is 84.4 Å². The summed E-state index contributed by atoms with van der Waals surface area (Å²) in [5, 5.41) is 19.1. The summed E-state index contributed by atoms with van der Waals surface area (Å²) in [4.78, 5) is 2.66.